The molecule has 2 aromatic carbocycles. The first kappa shape index (κ1) is 19.9. The Hall–Kier alpha value is -2.42. The van der Waals surface area contributed by atoms with Crippen LogP contribution in [-0.4, -0.2) is 33.3 Å². The van der Waals surface area contributed by atoms with Crippen molar-refractivity contribution in [1.29, 1.82) is 0 Å². The van der Waals surface area contributed by atoms with Crippen LogP contribution in [0.5, 0.6) is 0 Å². The van der Waals surface area contributed by atoms with E-state index in [1.54, 1.807) is 24.3 Å². The number of amides is 2. The fourth-order valence-corrected chi connectivity index (χ4v) is 3.23. The van der Waals surface area contributed by atoms with Gasteiger partial charge in [0.1, 0.15) is 0 Å². The van der Waals surface area contributed by atoms with Crippen molar-refractivity contribution < 1.29 is 18.0 Å². The zero-order valence-corrected chi connectivity index (χ0v) is 15.5. The van der Waals surface area contributed by atoms with Crippen LogP contribution in [0.2, 0.25) is 5.02 Å². The molecule has 0 atom stereocenters. The monoisotopic (exact) mass is 395 g/mol. The van der Waals surface area contributed by atoms with Crippen LogP contribution in [0, 0.1) is 0 Å². The van der Waals surface area contributed by atoms with Crippen LogP contribution in [-0.2, 0) is 14.8 Å². The number of anilines is 1. The number of rotatable bonds is 7. The van der Waals surface area contributed by atoms with Gasteiger partial charge in [-0.25, -0.2) is 13.1 Å². The van der Waals surface area contributed by atoms with E-state index in [0.29, 0.717) is 16.3 Å². The first-order valence-electron chi connectivity index (χ1n) is 7.69. The van der Waals surface area contributed by atoms with E-state index in [1.165, 1.54) is 31.2 Å². The molecule has 0 fully saturated rings. The Morgan fingerprint density at radius 3 is 2.15 bits per heavy atom. The summed E-state index contributed by atoms with van der Waals surface area (Å²) in [5, 5.41) is 5.70. The Morgan fingerprint density at radius 2 is 1.58 bits per heavy atom. The molecule has 0 aliphatic heterocycles. The number of halogens is 1. The minimum atomic E-state index is -3.71. The van der Waals surface area contributed by atoms with E-state index in [4.69, 9.17) is 11.6 Å². The minimum absolute atomic E-state index is 0.0368. The molecule has 138 valence electrons. The summed E-state index contributed by atoms with van der Waals surface area (Å²) in [6.07, 6.45) is 0. The minimum Gasteiger partial charge on any atom is -0.351 e. The molecule has 0 unspecified atom stereocenters. The quantitative estimate of drug-likeness (QED) is 0.623. The zero-order valence-electron chi connectivity index (χ0n) is 14.0. The first-order chi connectivity index (χ1) is 12.3. The molecule has 0 radical (unpaired) electrons. The maximum atomic E-state index is 12.2. The van der Waals surface area contributed by atoms with Crippen LogP contribution in [0.15, 0.2) is 53.4 Å². The number of hydrogen-bond donors (Lipinski definition) is 3. The third kappa shape index (κ3) is 5.83. The second-order valence-electron chi connectivity index (χ2n) is 5.37. The molecule has 26 heavy (non-hydrogen) atoms. The molecule has 7 nitrogen and oxygen atoms in total. The lowest BCUT2D eigenvalue weighted by Gasteiger charge is -2.09. The van der Waals surface area contributed by atoms with Gasteiger partial charge in [-0.1, -0.05) is 11.6 Å². The molecule has 2 amide bonds. The van der Waals surface area contributed by atoms with E-state index in [9.17, 15) is 18.0 Å². The molecule has 2 rings (SSSR count). The van der Waals surface area contributed by atoms with Gasteiger partial charge in [0.2, 0.25) is 15.9 Å². The number of carbonyl (C=O) groups is 2. The summed E-state index contributed by atoms with van der Waals surface area (Å²) in [6, 6.07) is 12.1. The predicted molar refractivity (Wildman–Crippen MR) is 99.7 cm³/mol. The summed E-state index contributed by atoms with van der Waals surface area (Å²) in [7, 11) is -3.71. The van der Waals surface area contributed by atoms with Crippen molar-refractivity contribution >= 4 is 39.1 Å². The van der Waals surface area contributed by atoms with Crippen LogP contribution >= 0.6 is 11.6 Å². The maximum Gasteiger partial charge on any atom is 0.251 e. The third-order valence-corrected chi connectivity index (χ3v) is 5.02. The topological polar surface area (TPSA) is 104 Å². The third-order valence-electron chi connectivity index (χ3n) is 3.29. The van der Waals surface area contributed by atoms with Crippen molar-refractivity contribution in [2.45, 2.75) is 11.8 Å². The number of benzene rings is 2. The van der Waals surface area contributed by atoms with Gasteiger partial charge in [-0.2, -0.15) is 0 Å². The van der Waals surface area contributed by atoms with Crippen molar-refractivity contribution in [2.24, 2.45) is 0 Å². The summed E-state index contributed by atoms with van der Waals surface area (Å²) < 4.78 is 26.8. The Kier molecular flexibility index (Phi) is 6.73. The summed E-state index contributed by atoms with van der Waals surface area (Å²) >= 11 is 5.76. The molecule has 9 heteroatoms. The molecule has 0 aromatic heterocycles. The molecule has 0 saturated heterocycles. The lowest BCUT2D eigenvalue weighted by Crippen LogP contribution is -2.34. The second kappa shape index (κ2) is 8.79. The van der Waals surface area contributed by atoms with Crippen molar-refractivity contribution in [2.75, 3.05) is 18.4 Å². The van der Waals surface area contributed by atoms with Gasteiger partial charge in [-0.15, -0.1) is 0 Å². The molecular formula is C17H18ClN3O4S. The fraction of sp³-hybridized carbons (Fsp3) is 0.176. The summed E-state index contributed by atoms with van der Waals surface area (Å²) in [6.45, 7) is 1.53. The van der Waals surface area contributed by atoms with Crippen LogP contribution in [0.1, 0.15) is 17.3 Å². The van der Waals surface area contributed by atoms with E-state index < -0.39 is 10.0 Å². The smallest absolute Gasteiger partial charge is 0.251 e. The van der Waals surface area contributed by atoms with Gasteiger partial charge in [0.05, 0.1) is 4.90 Å². The Morgan fingerprint density at radius 1 is 0.962 bits per heavy atom. The molecule has 0 spiro atoms. The van der Waals surface area contributed by atoms with E-state index in [2.05, 4.69) is 15.4 Å². The van der Waals surface area contributed by atoms with Crippen LogP contribution in [0.3, 0.4) is 0 Å². The van der Waals surface area contributed by atoms with Gasteiger partial charge in [-0.05, 0) is 48.5 Å². The number of sulfonamides is 1. The van der Waals surface area contributed by atoms with Gasteiger partial charge in [0.25, 0.3) is 5.91 Å². The fourth-order valence-electron chi connectivity index (χ4n) is 2.07. The molecule has 2 aromatic rings. The maximum absolute atomic E-state index is 12.2. The first-order valence-corrected chi connectivity index (χ1v) is 9.55. The van der Waals surface area contributed by atoms with Crippen LogP contribution < -0.4 is 15.4 Å². The van der Waals surface area contributed by atoms with E-state index >= 15 is 0 Å². The zero-order chi connectivity index (χ0) is 19.2. The van der Waals surface area contributed by atoms with Crippen molar-refractivity contribution in [3.05, 3.63) is 59.1 Å². The molecule has 0 aliphatic rings. The Balaban J connectivity index is 1.85. The van der Waals surface area contributed by atoms with Crippen molar-refractivity contribution in [3.63, 3.8) is 0 Å². The van der Waals surface area contributed by atoms with Crippen LogP contribution in [0.25, 0.3) is 0 Å². The highest BCUT2D eigenvalue weighted by atomic mass is 35.5. The molecule has 3 N–H and O–H groups in total. The van der Waals surface area contributed by atoms with Crippen molar-refractivity contribution in [1.82, 2.24) is 10.0 Å². The molecule has 0 heterocycles. The molecular weight excluding hydrogens is 378 g/mol. The Labute approximate surface area is 156 Å². The standard InChI is InChI=1S/C17H18ClN3O4S/c1-12(22)21-15-6-8-16(9-7-15)26(24,25)20-11-10-19-17(23)13-2-4-14(18)5-3-13/h2-9,20H,10-11H2,1H3,(H,19,23)(H,21,22). The molecule has 0 bridgehead atoms. The average Bonchev–Trinajstić information content (AvgIpc) is 2.59. The van der Waals surface area contributed by atoms with E-state index in [1.807, 2.05) is 0 Å². The van der Waals surface area contributed by atoms with Gasteiger partial charge < -0.3 is 10.6 Å². The number of hydrogen-bond acceptors (Lipinski definition) is 4. The van der Waals surface area contributed by atoms with Gasteiger partial charge in [0.15, 0.2) is 0 Å². The van der Waals surface area contributed by atoms with Gasteiger partial charge in [0, 0.05) is 36.3 Å². The highest BCUT2D eigenvalue weighted by Crippen LogP contribution is 2.13. The van der Waals surface area contributed by atoms with Crippen LogP contribution in [0.4, 0.5) is 5.69 Å². The highest BCUT2D eigenvalue weighted by molar-refractivity contribution is 7.89. The second-order valence-corrected chi connectivity index (χ2v) is 7.57. The lowest BCUT2D eigenvalue weighted by molar-refractivity contribution is -0.114. The van der Waals surface area contributed by atoms with Gasteiger partial charge >= 0.3 is 0 Å². The summed E-state index contributed by atoms with van der Waals surface area (Å²) in [5.41, 5.74) is 0.942. The largest absolute Gasteiger partial charge is 0.351 e. The SMILES string of the molecule is CC(=O)Nc1ccc(S(=O)(=O)NCCNC(=O)c2ccc(Cl)cc2)cc1. The summed E-state index contributed by atoms with van der Waals surface area (Å²) in [4.78, 5) is 22.9. The van der Waals surface area contributed by atoms with Gasteiger partial charge in [-0.3, -0.25) is 9.59 Å². The summed E-state index contributed by atoms with van der Waals surface area (Å²) in [5.74, 6) is -0.560. The Bertz CT molecular complexity index is 881. The normalized spacial score (nSPS) is 11.0. The predicted octanol–water partition coefficient (Wildman–Crippen LogP) is 2.01. The number of carbonyl (C=O) groups excluding carboxylic acids is 2. The van der Waals surface area contributed by atoms with E-state index in [0.717, 1.165) is 0 Å². The molecule has 0 aliphatic carbocycles. The van der Waals surface area contributed by atoms with Crippen molar-refractivity contribution in [3.8, 4) is 0 Å². The lowest BCUT2D eigenvalue weighted by atomic mass is 10.2. The molecule has 0 saturated carbocycles. The number of nitrogens with one attached hydrogen (secondary N) is 3. The van der Waals surface area contributed by atoms with E-state index in [-0.39, 0.29) is 29.8 Å². The average molecular weight is 396 g/mol. The highest BCUT2D eigenvalue weighted by Gasteiger charge is 2.13.